The molecule has 2 heterocycles. The monoisotopic (exact) mass is 422 g/mol. The van der Waals surface area contributed by atoms with Gasteiger partial charge >= 0.3 is 0 Å². The predicted molar refractivity (Wildman–Crippen MR) is 120 cm³/mol. The number of nitriles is 1. The van der Waals surface area contributed by atoms with Crippen molar-refractivity contribution in [1.82, 2.24) is 19.5 Å². The van der Waals surface area contributed by atoms with Gasteiger partial charge in [0.05, 0.1) is 33.7 Å². The van der Waals surface area contributed by atoms with E-state index < -0.39 is 0 Å². The summed E-state index contributed by atoms with van der Waals surface area (Å²) in [4.78, 5) is 24.9. The standard InChI is InChI=1S/C24H18N6O2/c25-13-16-10-11-18-20(12-16)28-24(27-18)29-23(31)14-30-21-9-5-4-8-19(21)26-22(30)15-32-17-6-2-1-3-7-17/h1-12H,14-15H2,(H2,27,28,29,31). The smallest absolute Gasteiger partial charge is 0.246 e. The van der Waals surface area contributed by atoms with Crippen LogP contribution in [0.4, 0.5) is 5.95 Å². The molecule has 1 amide bonds. The van der Waals surface area contributed by atoms with Crippen LogP contribution in [-0.2, 0) is 17.9 Å². The number of para-hydroxylation sites is 3. The van der Waals surface area contributed by atoms with Gasteiger partial charge < -0.3 is 14.3 Å². The van der Waals surface area contributed by atoms with Gasteiger partial charge in [0, 0.05) is 0 Å². The number of carbonyl (C=O) groups excluding carboxylic acids is 1. The number of nitrogens with zero attached hydrogens (tertiary/aromatic N) is 4. The summed E-state index contributed by atoms with van der Waals surface area (Å²) in [5.41, 5.74) is 3.51. The zero-order valence-corrected chi connectivity index (χ0v) is 16.9. The fourth-order valence-corrected chi connectivity index (χ4v) is 3.53. The molecule has 8 heteroatoms. The number of nitrogens with one attached hydrogen (secondary N) is 2. The minimum atomic E-state index is -0.256. The topological polar surface area (TPSA) is 109 Å². The van der Waals surface area contributed by atoms with Crippen LogP contribution < -0.4 is 10.1 Å². The maximum Gasteiger partial charge on any atom is 0.246 e. The molecule has 0 aliphatic carbocycles. The summed E-state index contributed by atoms with van der Waals surface area (Å²) in [7, 11) is 0. The predicted octanol–water partition coefficient (Wildman–Crippen LogP) is 4.00. The number of hydrogen-bond acceptors (Lipinski definition) is 5. The Hall–Kier alpha value is -4.64. The molecule has 32 heavy (non-hydrogen) atoms. The highest BCUT2D eigenvalue weighted by Crippen LogP contribution is 2.19. The minimum Gasteiger partial charge on any atom is -0.486 e. The number of ether oxygens (including phenoxy) is 1. The summed E-state index contributed by atoms with van der Waals surface area (Å²) < 4.78 is 7.70. The van der Waals surface area contributed by atoms with Crippen LogP contribution >= 0.6 is 0 Å². The molecule has 0 saturated carbocycles. The zero-order valence-electron chi connectivity index (χ0n) is 16.9. The van der Waals surface area contributed by atoms with Gasteiger partial charge in [0.2, 0.25) is 11.9 Å². The van der Waals surface area contributed by atoms with Gasteiger partial charge in [-0.3, -0.25) is 10.1 Å². The van der Waals surface area contributed by atoms with E-state index in [1.54, 1.807) is 18.2 Å². The molecular weight excluding hydrogens is 404 g/mol. The van der Waals surface area contributed by atoms with E-state index in [1.165, 1.54) is 0 Å². The molecule has 5 aromatic rings. The number of carbonyl (C=O) groups is 1. The van der Waals surface area contributed by atoms with Crippen molar-refractivity contribution < 1.29 is 9.53 Å². The van der Waals surface area contributed by atoms with Crippen LogP contribution in [0, 0.1) is 11.3 Å². The molecule has 0 aliphatic heterocycles. The second-order valence-electron chi connectivity index (χ2n) is 7.18. The molecule has 3 aromatic carbocycles. The van der Waals surface area contributed by atoms with E-state index in [9.17, 15) is 4.79 Å². The van der Waals surface area contributed by atoms with Crippen LogP contribution in [0.3, 0.4) is 0 Å². The maximum atomic E-state index is 12.8. The highest BCUT2D eigenvalue weighted by molar-refractivity contribution is 5.92. The molecule has 0 unspecified atom stereocenters. The molecule has 0 radical (unpaired) electrons. The van der Waals surface area contributed by atoms with Crippen LogP contribution in [0.1, 0.15) is 11.4 Å². The first-order valence-electron chi connectivity index (χ1n) is 10.0. The molecule has 0 fully saturated rings. The van der Waals surface area contributed by atoms with Crippen molar-refractivity contribution in [3.8, 4) is 11.8 Å². The third-order valence-electron chi connectivity index (χ3n) is 5.02. The number of benzene rings is 3. The normalized spacial score (nSPS) is 10.8. The van der Waals surface area contributed by atoms with Crippen LogP contribution in [0.25, 0.3) is 22.1 Å². The van der Waals surface area contributed by atoms with Crippen molar-refractivity contribution in [2.75, 3.05) is 5.32 Å². The van der Waals surface area contributed by atoms with Gasteiger partial charge in [0.25, 0.3) is 0 Å². The van der Waals surface area contributed by atoms with Gasteiger partial charge in [-0.1, -0.05) is 30.3 Å². The average molecular weight is 422 g/mol. The van der Waals surface area contributed by atoms with Gasteiger partial charge in [0.15, 0.2) is 0 Å². The summed E-state index contributed by atoms with van der Waals surface area (Å²) in [5, 5.41) is 11.8. The lowest BCUT2D eigenvalue weighted by molar-refractivity contribution is -0.116. The second-order valence-corrected chi connectivity index (χ2v) is 7.18. The number of hydrogen-bond donors (Lipinski definition) is 2. The number of imidazole rings is 2. The first kappa shape index (κ1) is 19.3. The Kier molecular flexibility index (Phi) is 4.98. The SMILES string of the molecule is N#Cc1ccc2nc(NC(=O)Cn3c(COc4ccccc4)nc4ccccc43)[nH]c2c1. The fraction of sp³-hybridized carbons (Fsp3) is 0.0833. The van der Waals surface area contributed by atoms with Gasteiger partial charge in [-0.15, -0.1) is 0 Å². The minimum absolute atomic E-state index is 0.0501. The van der Waals surface area contributed by atoms with Crippen LogP contribution in [0.5, 0.6) is 5.75 Å². The average Bonchev–Trinajstić information content (AvgIpc) is 3.38. The lowest BCUT2D eigenvalue weighted by atomic mass is 10.2. The van der Waals surface area contributed by atoms with Crippen molar-refractivity contribution in [3.63, 3.8) is 0 Å². The number of H-pyrrole nitrogens is 1. The molecule has 5 rings (SSSR count). The highest BCUT2D eigenvalue weighted by atomic mass is 16.5. The Bertz CT molecular complexity index is 1460. The summed E-state index contributed by atoms with van der Waals surface area (Å²) >= 11 is 0. The largest absolute Gasteiger partial charge is 0.486 e. The Balaban J connectivity index is 1.38. The quantitative estimate of drug-likeness (QED) is 0.430. The molecule has 0 atom stereocenters. The number of fused-ring (bicyclic) bond motifs is 2. The second kappa shape index (κ2) is 8.24. The summed E-state index contributed by atoms with van der Waals surface area (Å²) in [5.74, 6) is 1.45. The van der Waals surface area contributed by atoms with E-state index in [0.29, 0.717) is 28.4 Å². The lowest BCUT2D eigenvalue weighted by Gasteiger charge is -2.10. The van der Waals surface area contributed by atoms with E-state index >= 15 is 0 Å². The molecule has 0 aliphatic rings. The number of aromatic nitrogens is 4. The van der Waals surface area contributed by atoms with Gasteiger partial charge in [-0.2, -0.15) is 5.26 Å². The van der Waals surface area contributed by atoms with Crippen molar-refractivity contribution in [2.24, 2.45) is 0 Å². The van der Waals surface area contributed by atoms with Crippen molar-refractivity contribution >= 4 is 33.9 Å². The molecule has 2 N–H and O–H groups in total. The lowest BCUT2D eigenvalue weighted by Crippen LogP contribution is -2.21. The van der Waals surface area contributed by atoms with Gasteiger partial charge in [0.1, 0.15) is 24.7 Å². The van der Waals surface area contributed by atoms with Crippen molar-refractivity contribution in [3.05, 3.63) is 84.2 Å². The Labute approximate surface area is 183 Å². The molecule has 0 bridgehead atoms. The molecular formula is C24H18N6O2. The third-order valence-corrected chi connectivity index (χ3v) is 5.02. The molecule has 2 aromatic heterocycles. The Morgan fingerprint density at radius 1 is 1.03 bits per heavy atom. The molecule has 0 spiro atoms. The maximum absolute atomic E-state index is 12.8. The first-order valence-corrected chi connectivity index (χ1v) is 10.0. The first-order chi connectivity index (χ1) is 15.7. The van der Waals surface area contributed by atoms with E-state index in [-0.39, 0.29) is 19.1 Å². The number of aromatic amines is 1. The van der Waals surface area contributed by atoms with E-state index in [1.807, 2.05) is 59.2 Å². The zero-order chi connectivity index (χ0) is 21.9. The number of anilines is 1. The summed E-state index contributed by atoms with van der Waals surface area (Å²) in [6.45, 7) is 0.280. The molecule has 156 valence electrons. The van der Waals surface area contributed by atoms with E-state index in [2.05, 4.69) is 26.3 Å². The third kappa shape index (κ3) is 3.87. The van der Waals surface area contributed by atoms with Crippen molar-refractivity contribution in [2.45, 2.75) is 13.2 Å². The summed E-state index contributed by atoms with van der Waals surface area (Å²) in [6, 6.07) is 24.3. The van der Waals surface area contributed by atoms with Crippen LogP contribution in [0.15, 0.2) is 72.8 Å². The summed E-state index contributed by atoms with van der Waals surface area (Å²) in [6.07, 6.45) is 0. The molecule has 8 nitrogen and oxygen atoms in total. The van der Waals surface area contributed by atoms with Crippen molar-refractivity contribution in [1.29, 1.82) is 5.26 Å². The number of rotatable bonds is 6. The van der Waals surface area contributed by atoms with Crippen LogP contribution in [-0.4, -0.2) is 25.4 Å². The Morgan fingerprint density at radius 2 is 1.84 bits per heavy atom. The van der Waals surface area contributed by atoms with Gasteiger partial charge in [-0.05, 0) is 42.5 Å². The number of amides is 1. The highest BCUT2D eigenvalue weighted by Gasteiger charge is 2.15. The fourth-order valence-electron chi connectivity index (χ4n) is 3.53. The van der Waals surface area contributed by atoms with Crippen LogP contribution in [0.2, 0.25) is 0 Å². The molecule has 0 saturated heterocycles. The van der Waals surface area contributed by atoms with E-state index in [0.717, 1.165) is 16.8 Å². The van der Waals surface area contributed by atoms with Gasteiger partial charge in [-0.25, -0.2) is 9.97 Å². The Morgan fingerprint density at radius 3 is 2.69 bits per heavy atom. The van der Waals surface area contributed by atoms with E-state index in [4.69, 9.17) is 10.00 Å².